The highest BCUT2D eigenvalue weighted by molar-refractivity contribution is 6.10. The van der Waals surface area contributed by atoms with Gasteiger partial charge < -0.3 is 20.1 Å². The van der Waals surface area contributed by atoms with Gasteiger partial charge in [0, 0.05) is 18.8 Å². The monoisotopic (exact) mass is 392 g/mol. The highest BCUT2D eigenvalue weighted by Gasteiger charge is 2.20. The first-order valence-electron chi connectivity index (χ1n) is 9.37. The van der Waals surface area contributed by atoms with Crippen LogP contribution >= 0.6 is 0 Å². The number of phenolic OH excluding ortho intramolecular Hbond substituents is 1. The highest BCUT2D eigenvalue weighted by atomic mass is 16.5. The molecular weight excluding hydrogens is 368 g/mol. The summed E-state index contributed by atoms with van der Waals surface area (Å²) in [5, 5.41) is 14.1. The first-order valence-corrected chi connectivity index (χ1v) is 9.37. The molecule has 150 valence electrons. The quantitative estimate of drug-likeness (QED) is 0.670. The molecule has 6 heteroatoms. The van der Waals surface area contributed by atoms with Crippen LogP contribution in [0.5, 0.6) is 11.5 Å². The first kappa shape index (κ1) is 20.2. The summed E-state index contributed by atoms with van der Waals surface area (Å²) in [6.07, 6.45) is 0. The van der Waals surface area contributed by atoms with E-state index < -0.39 is 0 Å². The van der Waals surface area contributed by atoms with Gasteiger partial charge in [-0.3, -0.25) is 9.59 Å². The second-order valence-corrected chi connectivity index (χ2v) is 7.09. The fourth-order valence-corrected chi connectivity index (χ4v) is 2.99. The number of carbonyl (C=O) groups excluding carboxylic acids is 2. The maximum Gasteiger partial charge on any atom is 0.261 e. The van der Waals surface area contributed by atoms with Crippen LogP contribution in [0.15, 0.2) is 60.7 Å². The number of ether oxygens (including phenoxy) is 1. The van der Waals surface area contributed by atoms with E-state index in [1.165, 1.54) is 17.0 Å². The lowest BCUT2D eigenvalue weighted by atomic mass is 10.0. The summed E-state index contributed by atoms with van der Waals surface area (Å²) in [4.78, 5) is 26.7. The van der Waals surface area contributed by atoms with Crippen LogP contribution in [0.1, 0.15) is 24.2 Å². The molecule has 0 bridgehead atoms. The largest absolute Gasteiger partial charge is 0.508 e. The van der Waals surface area contributed by atoms with Crippen molar-refractivity contribution in [3.05, 3.63) is 66.2 Å². The standard InChI is InChI=1S/C23H24N2O4/c1-15(2)24-22(27)14-29-21-13-17-7-5-4-6-16(17)12-20(21)23(28)25(3)18-8-10-19(26)11-9-18/h4-13,15,26H,14H2,1-3H3,(H,24,27). The average molecular weight is 392 g/mol. The second kappa shape index (κ2) is 8.65. The zero-order chi connectivity index (χ0) is 21.0. The van der Waals surface area contributed by atoms with Gasteiger partial charge in [0.25, 0.3) is 11.8 Å². The molecular formula is C23H24N2O4. The molecule has 0 aliphatic rings. The van der Waals surface area contributed by atoms with Crippen LogP contribution in [-0.2, 0) is 4.79 Å². The summed E-state index contributed by atoms with van der Waals surface area (Å²) in [5.74, 6) is -0.0575. The molecule has 0 aliphatic carbocycles. The molecule has 0 saturated carbocycles. The number of benzene rings is 3. The normalized spacial score (nSPS) is 10.8. The molecule has 0 spiro atoms. The number of carbonyl (C=O) groups is 2. The number of phenols is 1. The SMILES string of the molecule is CC(C)NC(=O)COc1cc2ccccc2cc1C(=O)N(C)c1ccc(O)cc1. The van der Waals surface area contributed by atoms with Gasteiger partial charge in [-0.1, -0.05) is 24.3 Å². The van der Waals surface area contributed by atoms with E-state index in [9.17, 15) is 14.7 Å². The molecule has 2 N–H and O–H groups in total. The smallest absolute Gasteiger partial charge is 0.261 e. The second-order valence-electron chi connectivity index (χ2n) is 7.09. The molecule has 3 rings (SSSR count). The molecule has 3 aromatic carbocycles. The van der Waals surface area contributed by atoms with Gasteiger partial charge in [-0.15, -0.1) is 0 Å². The summed E-state index contributed by atoms with van der Waals surface area (Å²) in [6, 6.07) is 17.6. The van der Waals surface area contributed by atoms with Crippen LogP contribution in [0.2, 0.25) is 0 Å². The molecule has 0 fully saturated rings. The number of aromatic hydroxyl groups is 1. The molecule has 3 aromatic rings. The number of hydrogen-bond donors (Lipinski definition) is 2. The van der Waals surface area contributed by atoms with E-state index in [4.69, 9.17) is 4.74 Å². The molecule has 29 heavy (non-hydrogen) atoms. The van der Waals surface area contributed by atoms with Crippen LogP contribution in [0, 0.1) is 0 Å². The maximum absolute atomic E-state index is 13.2. The molecule has 0 aliphatic heterocycles. The van der Waals surface area contributed by atoms with Crippen LogP contribution in [0.4, 0.5) is 5.69 Å². The van der Waals surface area contributed by atoms with Crippen molar-refractivity contribution in [1.82, 2.24) is 5.32 Å². The van der Waals surface area contributed by atoms with Crippen molar-refractivity contribution in [2.45, 2.75) is 19.9 Å². The third kappa shape index (κ3) is 4.85. The molecule has 0 saturated heterocycles. The number of amides is 2. The molecule has 0 atom stereocenters. The topological polar surface area (TPSA) is 78.9 Å². The first-order chi connectivity index (χ1) is 13.8. The summed E-state index contributed by atoms with van der Waals surface area (Å²) >= 11 is 0. The Morgan fingerprint density at radius 2 is 1.66 bits per heavy atom. The fraction of sp³-hybridized carbons (Fsp3) is 0.217. The molecule has 6 nitrogen and oxygen atoms in total. The Bertz CT molecular complexity index is 1030. The zero-order valence-corrected chi connectivity index (χ0v) is 16.7. The van der Waals surface area contributed by atoms with E-state index >= 15 is 0 Å². The van der Waals surface area contributed by atoms with Crippen LogP contribution in [0.25, 0.3) is 10.8 Å². The lowest BCUT2D eigenvalue weighted by Gasteiger charge is -2.20. The molecule has 0 heterocycles. The number of rotatable bonds is 6. The van der Waals surface area contributed by atoms with Gasteiger partial charge >= 0.3 is 0 Å². The number of fused-ring (bicyclic) bond motifs is 1. The fourth-order valence-electron chi connectivity index (χ4n) is 2.99. The lowest BCUT2D eigenvalue weighted by Crippen LogP contribution is -2.34. The maximum atomic E-state index is 13.2. The minimum atomic E-state index is -0.277. The number of nitrogens with one attached hydrogen (secondary N) is 1. The van der Waals surface area contributed by atoms with Crippen molar-refractivity contribution in [3.63, 3.8) is 0 Å². The Morgan fingerprint density at radius 1 is 1.03 bits per heavy atom. The van der Waals surface area contributed by atoms with Crippen LogP contribution in [0.3, 0.4) is 0 Å². The minimum Gasteiger partial charge on any atom is -0.508 e. The third-order valence-electron chi connectivity index (χ3n) is 4.43. The van der Waals surface area contributed by atoms with Gasteiger partial charge in [0.2, 0.25) is 0 Å². The van der Waals surface area contributed by atoms with Gasteiger partial charge in [-0.05, 0) is 61.0 Å². The van der Waals surface area contributed by atoms with Crippen molar-refractivity contribution in [1.29, 1.82) is 0 Å². The Balaban J connectivity index is 1.94. The van der Waals surface area contributed by atoms with Gasteiger partial charge in [-0.2, -0.15) is 0 Å². The molecule has 0 unspecified atom stereocenters. The Kier molecular flexibility index (Phi) is 6.02. The Hall–Kier alpha value is -3.54. The van der Waals surface area contributed by atoms with E-state index in [0.29, 0.717) is 17.0 Å². The van der Waals surface area contributed by atoms with E-state index in [2.05, 4.69) is 5.32 Å². The molecule has 2 amide bonds. The predicted molar refractivity (Wildman–Crippen MR) is 114 cm³/mol. The number of hydrogen-bond acceptors (Lipinski definition) is 4. The van der Waals surface area contributed by atoms with Crippen molar-refractivity contribution in [3.8, 4) is 11.5 Å². The van der Waals surface area contributed by atoms with Crippen LogP contribution in [-0.4, -0.2) is 36.6 Å². The third-order valence-corrected chi connectivity index (χ3v) is 4.43. The van der Waals surface area contributed by atoms with E-state index in [1.54, 1.807) is 31.3 Å². The van der Waals surface area contributed by atoms with Crippen LogP contribution < -0.4 is 15.0 Å². The van der Waals surface area contributed by atoms with Gasteiger partial charge in [0.05, 0.1) is 5.56 Å². The van der Waals surface area contributed by atoms with Gasteiger partial charge in [-0.25, -0.2) is 0 Å². The van der Waals surface area contributed by atoms with E-state index in [0.717, 1.165) is 10.8 Å². The lowest BCUT2D eigenvalue weighted by molar-refractivity contribution is -0.123. The summed E-state index contributed by atoms with van der Waals surface area (Å²) in [5.41, 5.74) is 0.987. The summed E-state index contributed by atoms with van der Waals surface area (Å²) in [7, 11) is 1.65. The van der Waals surface area contributed by atoms with E-state index in [-0.39, 0.29) is 30.2 Å². The van der Waals surface area contributed by atoms with Gasteiger partial charge in [0.15, 0.2) is 6.61 Å². The predicted octanol–water partition coefficient (Wildman–Crippen LogP) is 3.73. The highest BCUT2D eigenvalue weighted by Crippen LogP contribution is 2.29. The van der Waals surface area contributed by atoms with Crippen molar-refractivity contribution in [2.24, 2.45) is 0 Å². The minimum absolute atomic E-state index is 0.00411. The Labute approximate surface area is 169 Å². The number of anilines is 1. The van der Waals surface area contributed by atoms with Crippen molar-refractivity contribution >= 4 is 28.3 Å². The zero-order valence-electron chi connectivity index (χ0n) is 16.7. The average Bonchev–Trinajstić information content (AvgIpc) is 2.70. The van der Waals surface area contributed by atoms with Crippen molar-refractivity contribution in [2.75, 3.05) is 18.6 Å². The number of nitrogens with zero attached hydrogens (tertiary/aromatic N) is 1. The summed E-state index contributed by atoms with van der Waals surface area (Å²) < 4.78 is 5.73. The molecule has 0 aromatic heterocycles. The Morgan fingerprint density at radius 3 is 2.28 bits per heavy atom. The van der Waals surface area contributed by atoms with Crippen molar-refractivity contribution < 1.29 is 19.4 Å². The molecule has 0 radical (unpaired) electrons. The van der Waals surface area contributed by atoms with E-state index in [1.807, 2.05) is 38.1 Å². The summed E-state index contributed by atoms with van der Waals surface area (Å²) in [6.45, 7) is 3.56. The van der Waals surface area contributed by atoms with Gasteiger partial charge in [0.1, 0.15) is 11.5 Å².